The van der Waals surface area contributed by atoms with Crippen molar-refractivity contribution in [2.75, 3.05) is 5.32 Å². The third-order valence-electron chi connectivity index (χ3n) is 2.73. The van der Waals surface area contributed by atoms with Crippen LogP contribution in [0.2, 0.25) is 0 Å². The molecule has 0 spiro atoms. The summed E-state index contributed by atoms with van der Waals surface area (Å²) in [6.07, 6.45) is -4.68. The summed E-state index contributed by atoms with van der Waals surface area (Å²) in [6, 6.07) is 13.7. The van der Waals surface area contributed by atoms with Gasteiger partial charge in [0.15, 0.2) is 0 Å². The molecule has 0 heterocycles. The van der Waals surface area contributed by atoms with Gasteiger partial charge in [0.05, 0.1) is 0 Å². The minimum absolute atomic E-state index is 0.181. The zero-order valence-electron chi connectivity index (χ0n) is 10.9. The van der Waals surface area contributed by atoms with Crippen molar-refractivity contribution in [1.29, 1.82) is 0 Å². The van der Waals surface area contributed by atoms with E-state index >= 15 is 0 Å². The molecule has 2 aromatic carbocycles. The number of rotatable bonds is 4. The summed E-state index contributed by atoms with van der Waals surface area (Å²) in [6.45, 7) is 2.23. The van der Waals surface area contributed by atoms with Gasteiger partial charge in [0.1, 0.15) is 5.75 Å². The first-order valence-corrected chi connectivity index (χ1v) is 6.08. The molecule has 2 rings (SSSR count). The van der Waals surface area contributed by atoms with Crippen molar-refractivity contribution in [2.45, 2.75) is 19.8 Å². The molecule has 0 atom stereocenters. The highest BCUT2D eigenvalue weighted by Crippen LogP contribution is 2.26. The molecule has 0 saturated carbocycles. The highest BCUT2D eigenvalue weighted by Gasteiger charge is 2.31. The summed E-state index contributed by atoms with van der Waals surface area (Å²) in [5.74, 6) is -0.181. The van der Waals surface area contributed by atoms with Crippen molar-refractivity contribution in [2.24, 2.45) is 0 Å². The number of halogens is 3. The lowest BCUT2D eigenvalue weighted by molar-refractivity contribution is -0.274. The molecular weight excluding hydrogens is 267 g/mol. The smallest absolute Gasteiger partial charge is 0.405 e. The zero-order chi connectivity index (χ0) is 14.6. The maximum Gasteiger partial charge on any atom is 0.573 e. The molecule has 0 saturated heterocycles. The first-order chi connectivity index (χ1) is 9.44. The molecule has 106 valence electrons. The largest absolute Gasteiger partial charge is 0.573 e. The summed E-state index contributed by atoms with van der Waals surface area (Å²) >= 11 is 0. The number of hydrogen-bond acceptors (Lipinski definition) is 2. The Morgan fingerprint density at radius 2 is 1.65 bits per heavy atom. The number of aryl methyl sites for hydroxylation is 1. The quantitative estimate of drug-likeness (QED) is 0.890. The molecule has 0 amide bonds. The Morgan fingerprint density at radius 3 is 2.30 bits per heavy atom. The van der Waals surface area contributed by atoms with E-state index in [1.54, 1.807) is 12.1 Å². The van der Waals surface area contributed by atoms with Crippen LogP contribution in [-0.4, -0.2) is 6.36 Å². The highest BCUT2D eigenvalue weighted by molar-refractivity contribution is 5.46. The molecule has 0 aliphatic carbocycles. The topological polar surface area (TPSA) is 21.3 Å². The minimum Gasteiger partial charge on any atom is -0.405 e. The van der Waals surface area contributed by atoms with E-state index in [1.165, 1.54) is 12.1 Å². The standard InChI is InChI=1S/C15H14F3NO/c1-11-6-8-13(9-7-11)19-10-12-4-2-3-5-14(12)20-15(16,17)18/h2-9,19H,10H2,1H3. The van der Waals surface area contributed by atoms with E-state index in [9.17, 15) is 13.2 Å². The number of anilines is 1. The molecule has 0 unspecified atom stereocenters. The number of para-hydroxylation sites is 1. The normalized spacial score (nSPS) is 11.2. The van der Waals surface area contributed by atoms with Gasteiger partial charge in [0.25, 0.3) is 0 Å². The fourth-order valence-corrected chi connectivity index (χ4v) is 1.74. The van der Waals surface area contributed by atoms with Crippen molar-refractivity contribution in [3.05, 3.63) is 59.7 Å². The molecule has 5 heteroatoms. The zero-order valence-corrected chi connectivity index (χ0v) is 10.9. The van der Waals surface area contributed by atoms with Crippen LogP contribution >= 0.6 is 0 Å². The van der Waals surface area contributed by atoms with Crippen molar-refractivity contribution < 1.29 is 17.9 Å². The predicted molar refractivity (Wildman–Crippen MR) is 71.6 cm³/mol. The van der Waals surface area contributed by atoms with Crippen LogP contribution in [0.1, 0.15) is 11.1 Å². The average Bonchev–Trinajstić information content (AvgIpc) is 2.38. The molecule has 0 aliphatic rings. The SMILES string of the molecule is Cc1ccc(NCc2ccccc2OC(F)(F)F)cc1. The van der Waals surface area contributed by atoms with Gasteiger partial charge in [-0.1, -0.05) is 35.9 Å². The van der Waals surface area contributed by atoms with E-state index in [1.807, 2.05) is 31.2 Å². The van der Waals surface area contributed by atoms with Gasteiger partial charge in [-0.2, -0.15) is 0 Å². The van der Waals surface area contributed by atoms with Gasteiger partial charge in [-0.25, -0.2) is 0 Å². The van der Waals surface area contributed by atoms with Crippen LogP contribution in [0.15, 0.2) is 48.5 Å². The minimum atomic E-state index is -4.68. The Morgan fingerprint density at radius 1 is 1.00 bits per heavy atom. The van der Waals surface area contributed by atoms with Crippen LogP contribution in [0.5, 0.6) is 5.75 Å². The number of nitrogens with one attached hydrogen (secondary N) is 1. The van der Waals surface area contributed by atoms with Gasteiger partial charge in [-0.3, -0.25) is 0 Å². The Balaban J connectivity index is 2.07. The molecule has 0 fully saturated rings. The van der Waals surface area contributed by atoms with Gasteiger partial charge >= 0.3 is 6.36 Å². The lowest BCUT2D eigenvalue weighted by Crippen LogP contribution is -2.18. The summed E-state index contributed by atoms with van der Waals surface area (Å²) in [4.78, 5) is 0. The second-order valence-electron chi connectivity index (χ2n) is 4.38. The first kappa shape index (κ1) is 14.2. The van der Waals surface area contributed by atoms with E-state index in [-0.39, 0.29) is 12.3 Å². The van der Waals surface area contributed by atoms with E-state index < -0.39 is 6.36 Å². The summed E-state index contributed by atoms with van der Waals surface area (Å²) in [7, 11) is 0. The van der Waals surface area contributed by atoms with Gasteiger partial charge < -0.3 is 10.1 Å². The van der Waals surface area contributed by atoms with Gasteiger partial charge in [-0.05, 0) is 25.1 Å². The van der Waals surface area contributed by atoms with Crippen molar-refractivity contribution in [3.8, 4) is 5.75 Å². The molecule has 0 aromatic heterocycles. The number of hydrogen-bond donors (Lipinski definition) is 1. The molecule has 2 aromatic rings. The van der Waals surface area contributed by atoms with Gasteiger partial charge in [0, 0.05) is 17.8 Å². The number of ether oxygens (including phenoxy) is 1. The summed E-state index contributed by atoms with van der Waals surface area (Å²) in [5.41, 5.74) is 2.42. The molecule has 0 aliphatic heterocycles. The Kier molecular flexibility index (Phi) is 4.17. The fraction of sp³-hybridized carbons (Fsp3) is 0.200. The third-order valence-corrected chi connectivity index (χ3v) is 2.73. The van der Waals surface area contributed by atoms with Crippen molar-refractivity contribution in [1.82, 2.24) is 0 Å². The van der Waals surface area contributed by atoms with Crippen LogP contribution in [0.25, 0.3) is 0 Å². The molecule has 20 heavy (non-hydrogen) atoms. The monoisotopic (exact) mass is 281 g/mol. The predicted octanol–water partition coefficient (Wildman–Crippen LogP) is 4.51. The van der Waals surface area contributed by atoms with Crippen LogP contribution in [-0.2, 0) is 6.54 Å². The Labute approximate surface area is 115 Å². The average molecular weight is 281 g/mol. The molecule has 0 bridgehead atoms. The second kappa shape index (κ2) is 5.86. The number of benzene rings is 2. The van der Waals surface area contributed by atoms with Crippen molar-refractivity contribution >= 4 is 5.69 Å². The lowest BCUT2D eigenvalue weighted by atomic mass is 10.2. The summed E-state index contributed by atoms with van der Waals surface area (Å²) < 4.78 is 40.9. The van der Waals surface area contributed by atoms with Crippen molar-refractivity contribution in [3.63, 3.8) is 0 Å². The van der Waals surface area contributed by atoms with Gasteiger partial charge in [-0.15, -0.1) is 13.2 Å². The first-order valence-electron chi connectivity index (χ1n) is 6.08. The maximum atomic E-state index is 12.3. The van der Waals surface area contributed by atoms with E-state index in [2.05, 4.69) is 10.1 Å². The lowest BCUT2D eigenvalue weighted by Gasteiger charge is -2.14. The molecule has 1 N–H and O–H groups in total. The van der Waals surface area contributed by atoms with E-state index in [0.717, 1.165) is 11.3 Å². The Hall–Kier alpha value is -2.17. The molecule has 0 radical (unpaired) electrons. The van der Waals surface area contributed by atoms with Crippen LogP contribution in [0.3, 0.4) is 0 Å². The van der Waals surface area contributed by atoms with Crippen LogP contribution in [0.4, 0.5) is 18.9 Å². The molecule has 2 nitrogen and oxygen atoms in total. The summed E-state index contributed by atoms with van der Waals surface area (Å²) in [5, 5.41) is 3.07. The van der Waals surface area contributed by atoms with Gasteiger partial charge in [0.2, 0.25) is 0 Å². The van der Waals surface area contributed by atoms with Crippen LogP contribution < -0.4 is 10.1 Å². The number of alkyl halides is 3. The van der Waals surface area contributed by atoms with E-state index in [0.29, 0.717) is 5.56 Å². The molecular formula is C15H14F3NO. The second-order valence-corrected chi connectivity index (χ2v) is 4.38. The highest BCUT2D eigenvalue weighted by atomic mass is 19.4. The third kappa shape index (κ3) is 4.19. The Bertz CT molecular complexity index is 564. The maximum absolute atomic E-state index is 12.3. The van der Waals surface area contributed by atoms with E-state index in [4.69, 9.17) is 0 Å². The van der Waals surface area contributed by atoms with Crippen LogP contribution in [0, 0.1) is 6.92 Å². The fourth-order valence-electron chi connectivity index (χ4n) is 1.74.